The molecule has 1 heterocycles. The lowest BCUT2D eigenvalue weighted by Gasteiger charge is -2.06. The van der Waals surface area contributed by atoms with E-state index < -0.39 is 36.6 Å². The van der Waals surface area contributed by atoms with E-state index >= 15 is 0 Å². The van der Waals surface area contributed by atoms with Gasteiger partial charge in [-0.3, -0.25) is 9.59 Å². The molecule has 1 N–H and O–H groups in total. The van der Waals surface area contributed by atoms with Crippen LogP contribution in [0.4, 0.5) is 10.1 Å². The Morgan fingerprint density at radius 2 is 1.93 bits per heavy atom. The van der Waals surface area contributed by atoms with Gasteiger partial charge < -0.3 is 14.5 Å². The van der Waals surface area contributed by atoms with E-state index in [1.807, 2.05) is 0 Å². The number of ether oxygens (including phenoxy) is 1. The molecule has 138 valence electrons. The van der Waals surface area contributed by atoms with Gasteiger partial charge in [0.1, 0.15) is 12.4 Å². The molecular formula is C18H14FN3O5. The summed E-state index contributed by atoms with van der Waals surface area (Å²) in [5.74, 6) is -2.76. The van der Waals surface area contributed by atoms with Gasteiger partial charge in [-0.1, -0.05) is 24.3 Å². The molecule has 1 aromatic heterocycles. The van der Waals surface area contributed by atoms with Gasteiger partial charge in [-0.05, 0) is 30.3 Å². The molecule has 0 saturated carbocycles. The second kappa shape index (κ2) is 8.09. The molecule has 0 unspecified atom stereocenters. The second-order valence-corrected chi connectivity index (χ2v) is 5.42. The van der Waals surface area contributed by atoms with Crippen LogP contribution in [0.25, 0.3) is 11.5 Å². The number of benzene rings is 2. The molecule has 3 rings (SSSR count). The number of aromatic nitrogens is 2. The number of nitrogens with zero attached hydrogens (tertiary/aromatic N) is 2. The fourth-order valence-corrected chi connectivity index (χ4v) is 2.18. The highest BCUT2D eigenvalue weighted by Gasteiger charge is 2.15. The summed E-state index contributed by atoms with van der Waals surface area (Å²) in [5, 5.41) is 6.30. The molecule has 0 saturated heterocycles. The number of amides is 1. The molecule has 3 aromatic rings. The van der Waals surface area contributed by atoms with Gasteiger partial charge in [0.2, 0.25) is 5.89 Å². The standard InChI is InChI=1S/C18H14FN3O5/c19-13-7-4-8-14(9-13)20-15(23)11-26-16(24)10-22-18(25)27-17(21-22)12-5-2-1-3-6-12/h1-9H,10-11H2,(H,20,23). The molecule has 0 aliphatic rings. The zero-order valence-corrected chi connectivity index (χ0v) is 13.9. The molecule has 8 nitrogen and oxygen atoms in total. The monoisotopic (exact) mass is 371 g/mol. The first-order chi connectivity index (χ1) is 13.0. The van der Waals surface area contributed by atoms with Crippen LogP contribution in [0.15, 0.2) is 63.8 Å². The van der Waals surface area contributed by atoms with Crippen molar-refractivity contribution in [2.75, 3.05) is 11.9 Å². The SMILES string of the molecule is O=C(COC(=O)Cn1nc(-c2ccccc2)oc1=O)Nc1cccc(F)c1. The number of nitrogens with one attached hydrogen (secondary N) is 1. The van der Waals surface area contributed by atoms with Gasteiger partial charge in [0, 0.05) is 11.3 Å². The summed E-state index contributed by atoms with van der Waals surface area (Å²) < 4.78 is 23.6. The Labute approximate surface area is 152 Å². The lowest BCUT2D eigenvalue weighted by molar-refractivity contribution is -0.148. The van der Waals surface area contributed by atoms with E-state index in [2.05, 4.69) is 10.4 Å². The maximum atomic E-state index is 13.1. The van der Waals surface area contributed by atoms with Crippen LogP contribution in [-0.4, -0.2) is 28.3 Å². The van der Waals surface area contributed by atoms with E-state index in [4.69, 9.17) is 9.15 Å². The first kappa shape index (κ1) is 18.1. The van der Waals surface area contributed by atoms with Crippen molar-refractivity contribution in [1.82, 2.24) is 9.78 Å². The van der Waals surface area contributed by atoms with E-state index in [-0.39, 0.29) is 11.6 Å². The molecule has 1 amide bonds. The first-order valence-electron chi connectivity index (χ1n) is 7.86. The highest BCUT2D eigenvalue weighted by atomic mass is 19.1. The zero-order chi connectivity index (χ0) is 19.2. The minimum Gasteiger partial charge on any atom is -0.454 e. The molecule has 0 fully saturated rings. The summed E-state index contributed by atoms with van der Waals surface area (Å²) >= 11 is 0. The van der Waals surface area contributed by atoms with Gasteiger partial charge in [0.15, 0.2) is 6.61 Å². The minimum absolute atomic E-state index is 0.0669. The first-order valence-corrected chi connectivity index (χ1v) is 7.86. The number of rotatable bonds is 6. The molecule has 27 heavy (non-hydrogen) atoms. The molecular weight excluding hydrogens is 357 g/mol. The third kappa shape index (κ3) is 4.88. The zero-order valence-electron chi connectivity index (χ0n) is 13.9. The lowest BCUT2D eigenvalue weighted by atomic mass is 10.2. The van der Waals surface area contributed by atoms with Crippen molar-refractivity contribution in [3.05, 3.63) is 71.0 Å². The van der Waals surface area contributed by atoms with Gasteiger partial charge in [-0.15, -0.1) is 5.10 Å². The summed E-state index contributed by atoms with van der Waals surface area (Å²) in [6.07, 6.45) is 0. The molecule has 0 aliphatic carbocycles. The van der Waals surface area contributed by atoms with Crippen LogP contribution in [0.2, 0.25) is 0 Å². The van der Waals surface area contributed by atoms with Crippen molar-refractivity contribution in [2.24, 2.45) is 0 Å². The Balaban J connectivity index is 1.54. The minimum atomic E-state index is -0.848. The fraction of sp³-hybridized carbons (Fsp3) is 0.111. The molecule has 0 radical (unpaired) electrons. The molecule has 0 bridgehead atoms. The number of anilines is 1. The Kier molecular flexibility index (Phi) is 5.41. The van der Waals surface area contributed by atoms with Crippen molar-refractivity contribution in [1.29, 1.82) is 0 Å². The van der Waals surface area contributed by atoms with Crippen LogP contribution < -0.4 is 11.1 Å². The average molecular weight is 371 g/mol. The smallest absolute Gasteiger partial charge is 0.437 e. The van der Waals surface area contributed by atoms with Crippen LogP contribution in [0.1, 0.15) is 0 Å². The van der Waals surface area contributed by atoms with Crippen molar-refractivity contribution < 1.29 is 23.1 Å². The third-order valence-electron chi connectivity index (χ3n) is 3.38. The summed E-state index contributed by atoms with van der Waals surface area (Å²) in [6, 6.07) is 14.0. The molecule has 2 aromatic carbocycles. The average Bonchev–Trinajstić information content (AvgIpc) is 3.01. The van der Waals surface area contributed by atoms with Gasteiger partial charge in [0.25, 0.3) is 5.91 Å². The summed E-state index contributed by atoms with van der Waals surface area (Å²) in [6.45, 7) is -1.10. The summed E-state index contributed by atoms with van der Waals surface area (Å²) in [5.41, 5.74) is 0.812. The van der Waals surface area contributed by atoms with Gasteiger partial charge in [-0.25, -0.2) is 9.18 Å². The van der Waals surface area contributed by atoms with Crippen LogP contribution >= 0.6 is 0 Å². The van der Waals surface area contributed by atoms with Crippen molar-refractivity contribution >= 4 is 17.6 Å². The lowest BCUT2D eigenvalue weighted by Crippen LogP contribution is -2.26. The number of carbonyl (C=O) groups excluding carboxylic acids is 2. The molecule has 0 aliphatic heterocycles. The Morgan fingerprint density at radius 3 is 2.67 bits per heavy atom. The van der Waals surface area contributed by atoms with Crippen LogP contribution in [0, 0.1) is 5.82 Å². The number of esters is 1. The maximum Gasteiger partial charge on any atom is 0.437 e. The highest BCUT2D eigenvalue weighted by Crippen LogP contribution is 2.14. The Morgan fingerprint density at radius 1 is 1.15 bits per heavy atom. The summed E-state index contributed by atoms with van der Waals surface area (Å²) in [7, 11) is 0. The maximum absolute atomic E-state index is 13.1. The molecule has 9 heteroatoms. The van der Waals surface area contributed by atoms with Gasteiger partial charge in [-0.2, -0.15) is 4.68 Å². The number of carbonyl (C=O) groups is 2. The predicted octanol–water partition coefficient (Wildman–Crippen LogP) is 1.82. The van der Waals surface area contributed by atoms with E-state index in [9.17, 15) is 18.8 Å². The molecule has 0 spiro atoms. The van der Waals surface area contributed by atoms with Crippen LogP contribution in [0.3, 0.4) is 0 Å². The normalized spacial score (nSPS) is 10.4. The Bertz CT molecular complexity index is 1010. The number of hydrogen-bond acceptors (Lipinski definition) is 6. The number of halogens is 1. The van der Waals surface area contributed by atoms with E-state index in [0.29, 0.717) is 5.56 Å². The van der Waals surface area contributed by atoms with Gasteiger partial charge in [0.05, 0.1) is 0 Å². The second-order valence-electron chi connectivity index (χ2n) is 5.42. The molecule has 0 atom stereocenters. The largest absolute Gasteiger partial charge is 0.454 e. The van der Waals surface area contributed by atoms with E-state index in [0.717, 1.165) is 10.7 Å². The predicted molar refractivity (Wildman–Crippen MR) is 92.2 cm³/mol. The van der Waals surface area contributed by atoms with Crippen molar-refractivity contribution in [3.63, 3.8) is 0 Å². The summed E-state index contributed by atoms with van der Waals surface area (Å²) in [4.78, 5) is 35.3. The van der Waals surface area contributed by atoms with Crippen LogP contribution in [0.5, 0.6) is 0 Å². The quantitative estimate of drug-likeness (QED) is 0.663. The Hall–Kier alpha value is -3.75. The van der Waals surface area contributed by atoms with Gasteiger partial charge >= 0.3 is 11.7 Å². The fourth-order valence-electron chi connectivity index (χ4n) is 2.18. The van der Waals surface area contributed by atoms with Crippen molar-refractivity contribution in [3.8, 4) is 11.5 Å². The number of hydrogen-bond donors (Lipinski definition) is 1. The highest BCUT2D eigenvalue weighted by molar-refractivity contribution is 5.92. The van der Waals surface area contributed by atoms with E-state index in [1.165, 1.54) is 18.2 Å². The topological polar surface area (TPSA) is 103 Å². The third-order valence-corrected chi connectivity index (χ3v) is 3.38. The van der Waals surface area contributed by atoms with Crippen LogP contribution in [-0.2, 0) is 20.9 Å². The van der Waals surface area contributed by atoms with Crippen molar-refractivity contribution in [2.45, 2.75) is 6.54 Å². The van der Waals surface area contributed by atoms with E-state index in [1.54, 1.807) is 30.3 Å².